The number of aromatic amines is 1. The number of hydrogen-bond donors (Lipinski definition) is 2. The van der Waals surface area contributed by atoms with Crippen molar-refractivity contribution in [3.05, 3.63) is 87.4 Å². The molecule has 0 atom stereocenters. The molecule has 0 aliphatic rings. The lowest BCUT2D eigenvalue weighted by atomic mass is 9.90. The summed E-state index contributed by atoms with van der Waals surface area (Å²) in [6.07, 6.45) is 0. The number of aromatic nitrogens is 3. The molecule has 0 amide bonds. The molecule has 3 aromatic heterocycles. The Kier molecular flexibility index (Phi) is 5.09. The maximum absolute atomic E-state index is 12.5. The second-order valence-corrected chi connectivity index (χ2v) is 8.23. The van der Waals surface area contributed by atoms with Gasteiger partial charge in [0, 0.05) is 34.8 Å². The number of H-pyrrole nitrogens is 1. The predicted molar refractivity (Wildman–Crippen MR) is 128 cm³/mol. The molecule has 0 spiro atoms. The summed E-state index contributed by atoms with van der Waals surface area (Å²) < 4.78 is 10.9. The molecular weight excluding hydrogens is 416 g/mol. The van der Waals surface area contributed by atoms with Crippen LogP contribution in [0, 0.1) is 27.7 Å². The third-order valence-electron chi connectivity index (χ3n) is 5.91. The highest BCUT2D eigenvalue weighted by Crippen LogP contribution is 2.41. The lowest BCUT2D eigenvalue weighted by Crippen LogP contribution is -2.09. The van der Waals surface area contributed by atoms with Gasteiger partial charge in [-0.1, -0.05) is 40.6 Å². The lowest BCUT2D eigenvalue weighted by molar-refractivity contribution is 0.393. The number of hydrogen-bond acceptors (Lipinski definition) is 6. The van der Waals surface area contributed by atoms with Crippen molar-refractivity contribution < 1.29 is 9.05 Å². The van der Waals surface area contributed by atoms with Crippen LogP contribution in [0.15, 0.2) is 62.4 Å². The molecule has 5 rings (SSSR count). The summed E-state index contributed by atoms with van der Waals surface area (Å²) in [7, 11) is 0. The lowest BCUT2D eigenvalue weighted by Gasteiger charge is -2.15. The quantitative estimate of drug-likeness (QED) is 0.365. The van der Waals surface area contributed by atoms with Crippen molar-refractivity contribution in [2.75, 3.05) is 5.32 Å². The van der Waals surface area contributed by atoms with Gasteiger partial charge in [-0.05, 0) is 56.5 Å². The Morgan fingerprint density at radius 1 is 0.848 bits per heavy atom. The normalized spacial score (nSPS) is 11.3. The van der Waals surface area contributed by atoms with Crippen LogP contribution < -0.4 is 10.9 Å². The summed E-state index contributed by atoms with van der Waals surface area (Å²) in [5.74, 6) is 1.43. The van der Waals surface area contributed by atoms with Crippen molar-refractivity contribution >= 4 is 16.6 Å². The molecule has 2 aromatic carbocycles. The summed E-state index contributed by atoms with van der Waals surface area (Å²) in [4.78, 5) is 15.5. The first-order valence-electron chi connectivity index (χ1n) is 10.8. The van der Waals surface area contributed by atoms with Crippen molar-refractivity contribution in [3.8, 4) is 22.3 Å². The van der Waals surface area contributed by atoms with Gasteiger partial charge in [0.25, 0.3) is 0 Å². The van der Waals surface area contributed by atoms with Crippen molar-refractivity contribution in [1.29, 1.82) is 0 Å². The Bertz CT molecular complexity index is 1490. The maximum Gasteiger partial charge on any atom is 0.250 e. The number of pyridine rings is 1. The van der Waals surface area contributed by atoms with Gasteiger partial charge >= 0.3 is 0 Å². The van der Waals surface area contributed by atoms with Gasteiger partial charge in [-0.2, -0.15) is 0 Å². The second-order valence-electron chi connectivity index (χ2n) is 8.23. The molecule has 2 N–H and O–H groups in total. The van der Waals surface area contributed by atoms with Crippen LogP contribution in [0.4, 0.5) is 5.69 Å². The molecule has 0 radical (unpaired) electrons. The number of anilines is 1. The van der Waals surface area contributed by atoms with E-state index in [0.29, 0.717) is 12.3 Å². The monoisotopic (exact) mass is 440 g/mol. The highest BCUT2D eigenvalue weighted by atomic mass is 16.5. The van der Waals surface area contributed by atoms with Gasteiger partial charge < -0.3 is 19.3 Å². The molecule has 3 heterocycles. The maximum atomic E-state index is 12.5. The van der Waals surface area contributed by atoms with E-state index in [1.54, 1.807) is 6.07 Å². The molecule has 0 fully saturated rings. The summed E-state index contributed by atoms with van der Waals surface area (Å²) in [5.41, 5.74) is 7.69. The van der Waals surface area contributed by atoms with Crippen molar-refractivity contribution in [2.45, 2.75) is 34.2 Å². The Balaban J connectivity index is 1.76. The van der Waals surface area contributed by atoms with Gasteiger partial charge in [0.2, 0.25) is 5.56 Å². The van der Waals surface area contributed by atoms with E-state index in [9.17, 15) is 4.79 Å². The van der Waals surface area contributed by atoms with Crippen molar-refractivity contribution in [1.82, 2.24) is 15.3 Å². The van der Waals surface area contributed by atoms with Gasteiger partial charge in [0.15, 0.2) is 0 Å². The molecule has 5 aromatic rings. The van der Waals surface area contributed by atoms with Crippen LogP contribution in [0.2, 0.25) is 0 Å². The van der Waals surface area contributed by atoms with Crippen LogP contribution in [0.5, 0.6) is 0 Å². The van der Waals surface area contributed by atoms with Crippen LogP contribution >= 0.6 is 0 Å². The first kappa shape index (κ1) is 20.8. The topological polar surface area (TPSA) is 97.0 Å². The van der Waals surface area contributed by atoms with Gasteiger partial charge in [0.1, 0.15) is 11.5 Å². The fraction of sp³-hybridized carbons (Fsp3) is 0.192. The van der Waals surface area contributed by atoms with Crippen LogP contribution in [-0.2, 0) is 6.54 Å². The van der Waals surface area contributed by atoms with E-state index < -0.39 is 0 Å². The summed E-state index contributed by atoms with van der Waals surface area (Å²) in [5, 5.41) is 12.6. The fourth-order valence-corrected chi connectivity index (χ4v) is 4.39. The first-order chi connectivity index (χ1) is 15.9. The average molecular weight is 441 g/mol. The molecule has 0 bridgehead atoms. The van der Waals surface area contributed by atoms with Crippen molar-refractivity contribution in [3.63, 3.8) is 0 Å². The van der Waals surface area contributed by atoms with Gasteiger partial charge in [-0.25, -0.2) is 0 Å². The minimum atomic E-state index is -0.173. The number of rotatable bonds is 5. The fourth-order valence-electron chi connectivity index (χ4n) is 4.39. The average Bonchev–Trinajstić information content (AvgIpc) is 3.31. The Labute approximate surface area is 190 Å². The van der Waals surface area contributed by atoms with Crippen LogP contribution in [0.1, 0.15) is 28.5 Å². The molecule has 33 heavy (non-hydrogen) atoms. The Morgan fingerprint density at radius 2 is 1.45 bits per heavy atom. The Morgan fingerprint density at radius 3 is 2.03 bits per heavy atom. The van der Waals surface area contributed by atoms with E-state index in [0.717, 1.165) is 61.6 Å². The highest BCUT2D eigenvalue weighted by Gasteiger charge is 2.22. The summed E-state index contributed by atoms with van der Waals surface area (Å²) in [6.45, 7) is 8.23. The number of nitrogens with one attached hydrogen (secondary N) is 2. The van der Waals surface area contributed by atoms with Gasteiger partial charge in [-0.3, -0.25) is 4.79 Å². The highest BCUT2D eigenvalue weighted by molar-refractivity contribution is 6.01. The smallest absolute Gasteiger partial charge is 0.250 e. The number of nitrogens with zero attached hydrogens (tertiary/aromatic N) is 2. The molecule has 0 aliphatic heterocycles. The van der Waals surface area contributed by atoms with E-state index in [1.807, 2.05) is 64.1 Å². The Hall–Kier alpha value is -4.13. The zero-order valence-corrected chi connectivity index (χ0v) is 18.9. The number of aryl methyl sites for hydroxylation is 4. The molecule has 166 valence electrons. The molecule has 0 aliphatic carbocycles. The zero-order valence-electron chi connectivity index (χ0n) is 18.9. The molecule has 7 heteroatoms. The number of benzene rings is 2. The SMILES string of the molecule is Cc1noc(C)c1-c1cc2[nH]c(=O)cc(NCc3ccccc3)c2cc1-c1c(C)noc1C. The van der Waals surface area contributed by atoms with Crippen LogP contribution in [0.3, 0.4) is 0 Å². The summed E-state index contributed by atoms with van der Waals surface area (Å²) >= 11 is 0. The third-order valence-corrected chi connectivity index (χ3v) is 5.91. The van der Waals surface area contributed by atoms with E-state index in [-0.39, 0.29) is 5.56 Å². The zero-order chi connectivity index (χ0) is 23.1. The molecule has 0 saturated heterocycles. The number of fused-ring (bicyclic) bond motifs is 1. The minimum Gasteiger partial charge on any atom is -0.380 e. The summed E-state index contributed by atoms with van der Waals surface area (Å²) in [6, 6.07) is 15.7. The van der Waals surface area contributed by atoms with Crippen LogP contribution in [0.25, 0.3) is 33.2 Å². The largest absolute Gasteiger partial charge is 0.380 e. The van der Waals surface area contributed by atoms with E-state index in [4.69, 9.17) is 9.05 Å². The first-order valence-corrected chi connectivity index (χ1v) is 10.8. The van der Waals surface area contributed by atoms with Crippen molar-refractivity contribution in [2.24, 2.45) is 0 Å². The second kappa shape index (κ2) is 8.09. The standard InChI is InChI=1S/C26H24N4O3/c1-14-25(16(3)32-29-14)19-10-21-22(27-13-18-8-6-5-7-9-18)12-24(31)28-23(21)11-20(19)26-15(2)30-33-17(26)4/h5-12H,13H2,1-4H3,(H2,27,28,31). The van der Waals surface area contributed by atoms with Crippen LogP contribution in [-0.4, -0.2) is 15.3 Å². The predicted octanol–water partition coefficient (Wildman–Crippen LogP) is 5.68. The molecular formula is C26H24N4O3. The minimum absolute atomic E-state index is 0.173. The van der Waals surface area contributed by atoms with E-state index >= 15 is 0 Å². The van der Waals surface area contributed by atoms with Gasteiger partial charge in [0.05, 0.1) is 16.9 Å². The third kappa shape index (κ3) is 3.71. The van der Waals surface area contributed by atoms with Gasteiger partial charge in [-0.15, -0.1) is 0 Å². The van der Waals surface area contributed by atoms with E-state index in [1.165, 1.54) is 0 Å². The van der Waals surface area contributed by atoms with E-state index in [2.05, 4.69) is 26.7 Å². The molecule has 0 saturated carbocycles. The molecule has 7 nitrogen and oxygen atoms in total. The molecule has 0 unspecified atom stereocenters.